The van der Waals surface area contributed by atoms with Gasteiger partial charge in [-0.05, 0) is 26.2 Å². The van der Waals surface area contributed by atoms with E-state index in [4.69, 9.17) is 9.47 Å². The number of carbonyl (C=O) groups is 1. The summed E-state index contributed by atoms with van der Waals surface area (Å²) in [4.78, 5) is 11.3. The van der Waals surface area contributed by atoms with E-state index in [-0.39, 0.29) is 18.0 Å². The first-order valence-electron chi connectivity index (χ1n) is 5.52. The molecule has 0 aromatic rings. The molecule has 0 heterocycles. The number of rotatable bonds is 8. The Kier molecular flexibility index (Phi) is 6.77. The Labute approximate surface area is 93.1 Å². The fraction of sp³-hybridized carbons (Fsp3) is 0.917. The molecule has 15 heavy (non-hydrogen) atoms. The van der Waals surface area contributed by atoms with Crippen LogP contribution in [-0.2, 0) is 14.3 Å². The molecule has 0 spiro atoms. The van der Waals surface area contributed by atoms with Gasteiger partial charge in [0.15, 0.2) is 5.78 Å². The van der Waals surface area contributed by atoms with Gasteiger partial charge in [0.2, 0.25) is 0 Å². The van der Waals surface area contributed by atoms with E-state index in [0.29, 0.717) is 18.9 Å². The molecule has 0 rings (SSSR count). The summed E-state index contributed by atoms with van der Waals surface area (Å²) in [5.74, 6) is 0.594. The van der Waals surface area contributed by atoms with Gasteiger partial charge in [-0.1, -0.05) is 13.8 Å². The van der Waals surface area contributed by atoms with Crippen LogP contribution < -0.4 is 0 Å². The molecule has 0 radical (unpaired) electrons. The fourth-order valence-electron chi connectivity index (χ4n) is 1.12. The van der Waals surface area contributed by atoms with Crippen LogP contribution in [0, 0.1) is 5.92 Å². The van der Waals surface area contributed by atoms with Gasteiger partial charge in [0.1, 0.15) is 6.61 Å². The maximum atomic E-state index is 11.3. The minimum absolute atomic E-state index is 0.166. The summed E-state index contributed by atoms with van der Waals surface area (Å²) in [5.41, 5.74) is -0.166. The number of carbonyl (C=O) groups excluding carboxylic acids is 1. The van der Waals surface area contributed by atoms with E-state index < -0.39 is 0 Å². The first kappa shape index (κ1) is 14.6. The third kappa shape index (κ3) is 8.58. The van der Waals surface area contributed by atoms with Crippen LogP contribution in [0.3, 0.4) is 0 Å². The van der Waals surface area contributed by atoms with Crippen LogP contribution >= 0.6 is 0 Å². The van der Waals surface area contributed by atoms with Gasteiger partial charge in [-0.25, -0.2) is 0 Å². The smallest absolute Gasteiger partial charge is 0.158 e. The van der Waals surface area contributed by atoms with Crippen molar-refractivity contribution in [2.45, 2.75) is 46.1 Å². The van der Waals surface area contributed by atoms with Crippen LogP contribution in [0.1, 0.15) is 40.5 Å². The Bertz CT molecular complexity index is 185. The van der Waals surface area contributed by atoms with Crippen LogP contribution in [0.4, 0.5) is 0 Å². The van der Waals surface area contributed by atoms with Gasteiger partial charge < -0.3 is 9.47 Å². The normalized spacial score (nSPS) is 12.1. The van der Waals surface area contributed by atoms with Gasteiger partial charge in [0, 0.05) is 20.1 Å². The van der Waals surface area contributed by atoms with Crippen molar-refractivity contribution >= 4 is 5.78 Å². The topological polar surface area (TPSA) is 35.5 Å². The molecule has 0 saturated heterocycles. The molecule has 0 saturated carbocycles. The lowest BCUT2D eigenvalue weighted by molar-refractivity contribution is -0.125. The molecule has 0 unspecified atom stereocenters. The Morgan fingerprint density at radius 1 is 1.33 bits per heavy atom. The van der Waals surface area contributed by atoms with Crippen molar-refractivity contribution in [1.29, 1.82) is 0 Å². The van der Waals surface area contributed by atoms with E-state index in [1.54, 1.807) is 7.11 Å². The standard InChI is InChI=1S/C12H24O3/c1-10(2)8-11(13)9-15-7-6-12(3,4)14-5/h10H,6-9H2,1-5H3. The molecular formula is C12H24O3. The largest absolute Gasteiger partial charge is 0.379 e. The van der Waals surface area contributed by atoms with Crippen LogP contribution in [0.25, 0.3) is 0 Å². The number of ether oxygens (including phenoxy) is 2. The molecule has 0 aromatic carbocycles. The maximum Gasteiger partial charge on any atom is 0.158 e. The Balaban J connectivity index is 3.50. The summed E-state index contributed by atoms with van der Waals surface area (Å²) in [5, 5.41) is 0. The highest BCUT2D eigenvalue weighted by Crippen LogP contribution is 2.12. The Morgan fingerprint density at radius 3 is 2.40 bits per heavy atom. The predicted octanol–water partition coefficient (Wildman–Crippen LogP) is 2.43. The van der Waals surface area contributed by atoms with Crippen LogP contribution in [-0.4, -0.2) is 31.7 Å². The second-order valence-corrected chi connectivity index (χ2v) is 4.90. The zero-order valence-corrected chi connectivity index (χ0v) is 10.6. The van der Waals surface area contributed by atoms with Crippen LogP contribution in [0.2, 0.25) is 0 Å². The monoisotopic (exact) mass is 216 g/mol. The SMILES string of the molecule is COC(C)(C)CCOCC(=O)CC(C)C. The van der Waals surface area contributed by atoms with Crippen LogP contribution in [0.5, 0.6) is 0 Å². The van der Waals surface area contributed by atoms with Crippen molar-refractivity contribution in [2.24, 2.45) is 5.92 Å². The van der Waals surface area contributed by atoms with Crippen molar-refractivity contribution in [3.8, 4) is 0 Å². The van der Waals surface area contributed by atoms with E-state index in [1.807, 2.05) is 27.7 Å². The van der Waals surface area contributed by atoms with Crippen molar-refractivity contribution in [2.75, 3.05) is 20.3 Å². The fourth-order valence-corrected chi connectivity index (χ4v) is 1.12. The second kappa shape index (κ2) is 6.96. The van der Waals surface area contributed by atoms with Gasteiger partial charge in [0.25, 0.3) is 0 Å². The van der Waals surface area contributed by atoms with Gasteiger partial charge in [-0.15, -0.1) is 0 Å². The lowest BCUT2D eigenvalue weighted by Gasteiger charge is -2.22. The van der Waals surface area contributed by atoms with Gasteiger partial charge in [0.05, 0.1) is 5.60 Å². The van der Waals surface area contributed by atoms with Gasteiger partial charge in [-0.3, -0.25) is 4.79 Å². The predicted molar refractivity (Wildman–Crippen MR) is 61.0 cm³/mol. The number of hydrogen-bond donors (Lipinski definition) is 0. The lowest BCUT2D eigenvalue weighted by atomic mass is 10.1. The van der Waals surface area contributed by atoms with E-state index >= 15 is 0 Å². The highest BCUT2D eigenvalue weighted by atomic mass is 16.5. The van der Waals surface area contributed by atoms with E-state index in [1.165, 1.54) is 0 Å². The molecule has 3 nitrogen and oxygen atoms in total. The quantitative estimate of drug-likeness (QED) is 0.585. The van der Waals surface area contributed by atoms with Crippen molar-refractivity contribution < 1.29 is 14.3 Å². The van der Waals surface area contributed by atoms with E-state index in [9.17, 15) is 4.79 Å². The summed E-state index contributed by atoms with van der Waals surface area (Å²) in [6.45, 7) is 8.89. The molecule has 3 heteroatoms. The zero-order valence-electron chi connectivity index (χ0n) is 10.6. The number of hydrogen-bond acceptors (Lipinski definition) is 3. The summed E-state index contributed by atoms with van der Waals surface area (Å²) >= 11 is 0. The summed E-state index contributed by atoms with van der Waals surface area (Å²) < 4.78 is 10.5. The summed E-state index contributed by atoms with van der Waals surface area (Å²) in [6.07, 6.45) is 1.41. The molecule has 0 bridgehead atoms. The van der Waals surface area contributed by atoms with Crippen molar-refractivity contribution in [3.05, 3.63) is 0 Å². The third-order valence-electron chi connectivity index (χ3n) is 2.30. The molecule has 0 N–H and O–H groups in total. The number of ketones is 1. The van der Waals surface area contributed by atoms with Crippen LogP contribution in [0.15, 0.2) is 0 Å². The molecule has 0 aromatic heterocycles. The molecule has 0 aliphatic rings. The average molecular weight is 216 g/mol. The average Bonchev–Trinajstić information content (AvgIpc) is 2.11. The first-order valence-corrected chi connectivity index (χ1v) is 5.52. The highest BCUT2D eigenvalue weighted by Gasteiger charge is 2.15. The van der Waals surface area contributed by atoms with Gasteiger partial charge >= 0.3 is 0 Å². The van der Waals surface area contributed by atoms with E-state index in [2.05, 4.69) is 0 Å². The van der Waals surface area contributed by atoms with Crippen molar-refractivity contribution in [3.63, 3.8) is 0 Å². The maximum absolute atomic E-state index is 11.3. The van der Waals surface area contributed by atoms with E-state index in [0.717, 1.165) is 6.42 Å². The molecule has 0 aliphatic heterocycles. The number of methoxy groups -OCH3 is 1. The molecule has 0 amide bonds. The summed E-state index contributed by atoms with van der Waals surface area (Å²) in [7, 11) is 1.68. The molecule has 0 fully saturated rings. The summed E-state index contributed by atoms with van der Waals surface area (Å²) in [6, 6.07) is 0. The van der Waals surface area contributed by atoms with Crippen molar-refractivity contribution in [1.82, 2.24) is 0 Å². The number of Topliss-reactive ketones (excluding diaryl/α,β-unsaturated/α-hetero) is 1. The minimum Gasteiger partial charge on any atom is -0.379 e. The Morgan fingerprint density at radius 2 is 1.93 bits per heavy atom. The lowest BCUT2D eigenvalue weighted by Crippen LogP contribution is -2.25. The minimum atomic E-state index is -0.166. The highest BCUT2D eigenvalue weighted by molar-refractivity contribution is 5.79. The third-order valence-corrected chi connectivity index (χ3v) is 2.30. The molecule has 90 valence electrons. The first-order chi connectivity index (χ1) is 6.87. The zero-order chi connectivity index (χ0) is 11.9. The Hall–Kier alpha value is -0.410. The molecule has 0 atom stereocenters. The molecular weight excluding hydrogens is 192 g/mol. The molecule has 0 aliphatic carbocycles. The van der Waals surface area contributed by atoms with Gasteiger partial charge in [-0.2, -0.15) is 0 Å². The second-order valence-electron chi connectivity index (χ2n) is 4.90.